The van der Waals surface area contributed by atoms with Crippen molar-refractivity contribution < 1.29 is 9.47 Å². The van der Waals surface area contributed by atoms with E-state index < -0.39 is 0 Å². The summed E-state index contributed by atoms with van der Waals surface area (Å²) in [5, 5.41) is 0. The van der Waals surface area contributed by atoms with Gasteiger partial charge in [0.25, 0.3) is 0 Å². The third-order valence-electron chi connectivity index (χ3n) is 3.24. The van der Waals surface area contributed by atoms with Crippen LogP contribution in [0.5, 0.6) is 11.5 Å². The molecule has 3 rings (SSSR count). The first-order chi connectivity index (χ1) is 9.29. The molecule has 1 aliphatic heterocycles. The first-order valence-corrected chi connectivity index (χ1v) is 6.09. The number of allylic oxidation sites excluding steroid dienone is 2. The molecule has 0 saturated carbocycles. The zero-order valence-electron chi connectivity index (χ0n) is 10.7. The number of rotatable bonds is 2. The van der Waals surface area contributed by atoms with Crippen LogP contribution in [0.1, 0.15) is 11.1 Å². The number of fused-ring (bicyclic) bond motifs is 1. The maximum atomic E-state index is 5.66. The quantitative estimate of drug-likeness (QED) is 0.797. The van der Waals surface area contributed by atoms with E-state index >= 15 is 0 Å². The highest BCUT2D eigenvalue weighted by molar-refractivity contribution is 6.06. The summed E-state index contributed by atoms with van der Waals surface area (Å²) in [7, 11) is 1.66. The van der Waals surface area contributed by atoms with Crippen LogP contribution in [0, 0.1) is 0 Å². The maximum absolute atomic E-state index is 5.66. The van der Waals surface area contributed by atoms with Gasteiger partial charge in [-0.05, 0) is 29.3 Å². The largest absolute Gasteiger partial charge is 0.497 e. The molecule has 0 radical (unpaired) electrons. The molecule has 1 heterocycles. The Morgan fingerprint density at radius 2 is 1.74 bits per heavy atom. The fourth-order valence-corrected chi connectivity index (χ4v) is 2.17. The van der Waals surface area contributed by atoms with E-state index in [9.17, 15) is 0 Å². The van der Waals surface area contributed by atoms with Crippen LogP contribution in [0.4, 0.5) is 0 Å². The lowest BCUT2D eigenvalue weighted by atomic mass is 9.92. The third-order valence-corrected chi connectivity index (χ3v) is 3.24. The van der Waals surface area contributed by atoms with Crippen molar-refractivity contribution in [3.63, 3.8) is 0 Å². The Bertz CT molecular complexity index is 651. The maximum Gasteiger partial charge on any atom is 0.134 e. The number of benzene rings is 2. The number of methoxy groups -OCH3 is 1. The van der Waals surface area contributed by atoms with Crippen molar-refractivity contribution in [2.75, 3.05) is 7.11 Å². The van der Waals surface area contributed by atoms with Crippen LogP contribution in [0.15, 0.2) is 61.4 Å². The molecule has 0 bridgehead atoms. The van der Waals surface area contributed by atoms with E-state index in [1.54, 1.807) is 13.4 Å². The average Bonchev–Trinajstić information content (AvgIpc) is 2.48. The van der Waals surface area contributed by atoms with Crippen molar-refractivity contribution >= 4 is 11.1 Å². The summed E-state index contributed by atoms with van der Waals surface area (Å²) in [4.78, 5) is 0. The molecule has 1 aliphatic rings. The molecule has 0 atom stereocenters. The molecule has 0 saturated heterocycles. The van der Waals surface area contributed by atoms with Crippen LogP contribution in [-0.4, -0.2) is 7.11 Å². The normalized spacial score (nSPS) is 13.3. The van der Waals surface area contributed by atoms with Crippen LogP contribution in [0.25, 0.3) is 11.1 Å². The first kappa shape index (κ1) is 11.6. The summed E-state index contributed by atoms with van der Waals surface area (Å²) in [6, 6.07) is 15.8. The second-order valence-corrected chi connectivity index (χ2v) is 4.35. The lowest BCUT2D eigenvalue weighted by Crippen LogP contribution is -2.00. The molecule has 2 aromatic carbocycles. The molecule has 0 N–H and O–H groups in total. The standard InChI is InChI=1S/C17H14O2/c1-12-15-5-3-4-6-17(15)19-11-16(12)13-7-9-14(18-2)10-8-13/h3-11H,1H2,2H3. The SMILES string of the molecule is C=C1C(c2ccc(OC)cc2)=COc2ccccc21. The van der Waals surface area contributed by atoms with Gasteiger partial charge < -0.3 is 9.47 Å². The Morgan fingerprint density at radius 1 is 1.00 bits per heavy atom. The van der Waals surface area contributed by atoms with E-state index in [0.29, 0.717) is 0 Å². The minimum atomic E-state index is 0.840. The number of para-hydroxylation sites is 1. The van der Waals surface area contributed by atoms with Gasteiger partial charge in [-0.15, -0.1) is 0 Å². The van der Waals surface area contributed by atoms with Gasteiger partial charge in [-0.2, -0.15) is 0 Å². The second-order valence-electron chi connectivity index (χ2n) is 4.35. The van der Waals surface area contributed by atoms with Gasteiger partial charge in [0.2, 0.25) is 0 Å². The summed E-state index contributed by atoms with van der Waals surface area (Å²) in [5.74, 6) is 1.69. The Balaban J connectivity index is 1.98. The molecule has 0 spiro atoms. The van der Waals surface area contributed by atoms with Gasteiger partial charge in [0.1, 0.15) is 11.5 Å². The average molecular weight is 250 g/mol. The van der Waals surface area contributed by atoms with Crippen molar-refractivity contribution in [3.05, 3.63) is 72.5 Å². The smallest absolute Gasteiger partial charge is 0.134 e. The molecule has 0 amide bonds. The van der Waals surface area contributed by atoms with Crippen molar-refractivity contribution in [2.24, 2.45) is 0 Å². The summed E-state index contributed by atoms with van der Waals surface area (Å²) >= 11 is 0. The topological polar surface area (TPSA) is 18.5 Å². The lowest BCUT2D eigenvalue weighted by molar-refractivity contribution is 0.415. The van der Waals surface area contributed by atoms with Gasteiger partial charge >= 0.3 is 0 Å². The molecule has 0 fully saturated rings. The molecule has 0 aromatic heterocycles. The number of ether oxygens (including phenoxy) is 2. The minimum absolute atomic E-state index is 0.840. The fraction of sp³-hybridized carbons (Fsp3) is 0.0588. The molecule has 94 valence electrons. The molecule has 19 heavy (non-hydrogen) atoms. The first-order valence-electron chi connectivity index (χ1n) is 6.09. The van der Waals surface area contributed by atoms with E-state index in [1.165, 1.54) is 0 Å². The third kappa shape index (κ3) is 2.02. The Kier molecular flexibility index (Phi) is 2.84. The molecular weight excluding hydrogens is 236 g/mol. The van der Waals surface area contributed by atoms with Gasteiger partial charge in [-0.25, -0.2) is 0 Å². The van der Waals surface area contributed by atoms with Gasteiger partial charge in [-0.1, -0.05) is 36.9 Å². The zero-order valence-corrected chi connectivity index (χ0v) is 10.7. The second kappa shape index (κ2) is 4.65. The van der Waals surface area contributed by atoms with Crippen LogP contribution >= 0.6 is 0 Å². The van der Waals surface area contributed by atoms with Crippen LogP contribution in [-0.2, 0) is 0 Å². The predicted molar refractivity (Wildman–Crippen MR) is 77.1 cm³/mol. The van der Waals surface area contributed by atoms with Crippen LogP contribution < -0.4 is 9.47 Å². The fourth-order valence-electron chi connectivity index (χ4n) is 2.17. The van der Waals surface area contributed by atoms with Crippen LogP contribution in [0.2, 0.25) is 0 Å². The van der Waals surface area contributed by atoms with Gasteiger partial charge in [0.05, 0.1) is 13.4 Å². The van der Waals surface area contributed by atoms with Gasteiger partial charge in [-0.3, -0.25) is 0 Å². The zero-order chi connectivity index (χ0) is 13.2. The van der Waals surface area contributed by atoms with E-state index in [-0.39, 0.29) is 0 Å². The Hall–Kier alpha value is -2.48. The van der Waals surface area contributed by atoms with E-state index in [2.05, 4.69) is 6.58 Å². The molecular formula is C17H14O2. The van der Waals surface area contributed by atoms with E-state index in [0.717, 1.165) is 33.8 Å². The summed E-state index contributed by atoms with van der Waals surface area (Å²) in [6.45, 7) is 4.18. The number of hydrogen-bond donors (Lipinski definition) is 0. The molecule has 0 aliphatic carbocycles. The Labute approximate surface area is 112 Å². The van der Waals surface area contributed by atoms with E-state index in [1.807, 2.05) is 48.5 Å². The predicted octanol–water partition coefficient (Wildman–Crippen LogP) is 4.14. The minimum Gasteiger partial charge on any atom is -0.497 e. The number of hydrogen-bond acceptors (Lipinski definition) is 2. The summed E-state index contributed by atoms with van der Waals surface area (Å²) < 4.78 is 10.8. The molecule has 2 nitrogen and oxygen atoms in total. The monoisotopic (exact) mass is 250 g/mol. The highest BCUT2D eigenvalue weighted by Crippen LogP contribution is 2.39. The summed E-state index contributed by atoms with van der Waals surface area (Å²) in [6.07, 6.45) is 1.76. The molecule has 0 unspecified atom stereocenters. The van der Waals surface area contributed by atoms with E-state index in [4.69, 9.17) is 9.47 Å². The summed E-state index contributed by atoms with van der Waals surface area (Å²) in [5.41, 5.74) is 4.09. The highest BCUT2D eigenvalue weighted by Gasteiger charge is 2.17. The molecule has 2 aromatic rings. The highest BCUT2D eigenvalue weighted by atomic mass is 16.5. The van der Waals surface area contributed by atoms with Crippen LogP contribution in [0.3, 0.4) is 0 Å². The van der Waals surface area contributed by atoms with Gasteiger partial charge in [0.15, 0.2) is 0 Å². The molecule has 2 heteroatoms. The van der Waals surface area contributed by atoms with Crippen molar-refractivity contribution in [3.8, 4) is 11.5 Å². The van der Waals surface area contributed by atoms with Crippen molar-refractivity contribution in [1.82, 2.24) is 0 Å². The van der Waals surface area contributed by atoms with Crippen molar-refractivity contribution in [2.45, 2.75) is 0 Å². The van der Waals surface area contributed by atoms with Crippen molar-refractivity contribution in [1.29, 1.82) is 0 Å². The lowest BCUT2D eigenvalue weighted by Gasteiger charge is -2.20. The Morgan fingerprint density at radius 3 is 2.47 bits per heavy atom. The van der Waals surface area contributed by atoms with Gasteiger partial charge in [0, 0.05) is 11.1 Å².